The van der Waals surface area contributed by atoms with Gasteiger partial charge in [-0.15, -0.1) is 11.3 Å². The average Bonchev–Trinajstić information content (AvgIpc) is 2.64. The van der Waals surface area contributed by atoms with E-state index in [4.69, 9.17) is 0 Å². The van der Waals surface area contributed by atoms with E-state index in [9.17, 15) is 5.11 Å². The van der Waals surface area contributed by atoms with Crippen molar-refractivity contribution < 1.29 is 5.11 Å². The maximum Gasteiger partial charge on any atom is 0.114 e. The fourth-order valence-corrected chi connectivity index (χ4v) is 3.11. The monoisotopic (exact) mass is 330 g/mol. The molecule has 2 rings (SSSR count). The lowest BCUT2D eigenvalue weighted by atomic mass is 10.1. The number of halogens is 1. The van der Waals surface area contributed by atoms with E-state index >= 15 is 0 Å². The van der Waals surface area contributed by atoms with Gasteiger partial charge in [0.15, 0.2) is 0 Å². The molecular formula is C12H11IOS. The van der Waals surface area contributed by atoms with Crippen molar-refractivity contribution in [2.24, 2.45) is 0 Å². The van der Waals surface area contributed by atoms with Crippen molar-refractivity contribution in [2.75, 3.05) is 0 Å². The minimum atomic E-state index is -0.488. The van der Waals surface area contributed by atoms with Gasteiger partial charge < -0.3 is 5.11 Å². The summed E-state index contributed by atoms with van der Waals surface area (Å²) in [5.74, 6) is 0. The maximum atomic E-state index is 10.2. The van der Waals surface area contributed by atoms with Gasteiger partial charge in [0.05, 0.1) is 0 Å². The third-order valence-electron chi connectivity index (χ3n) is 2.35. The Morgan fingerprint density at radius 1 is 1.27 bits per heavy atom. The van der Waals surface area contributed by atoms with Crippen molar-refractivity contribution in [3.05, 3.63) is 55.3 Å². The van der Waals surface area contributed by atoms with Crippen molar-refractivity contribution >= 4 is 33.9 Å². The molecule has 2 aromatic rings. The summed E-state index contributed by atoms with van der Waals surface area (Å²) in [6.45, 7) is 2.03. The fourth-order valence-electron chi connectivity index (χ4n) is 1.50. The molecule has 0 saturated heterocycles. The van der Waals surface area contributed by atoms with Crippen LogP contribution in [0.5, 0.6) is 0 Å². The SMILES string of the molecule is Cc1ccsc1C(O)c1ccccc1I. The first kappa shape index (κ1) is 11.1. The van der Waals surface area contributed by atoms with Crippen molar-refractivity contribution in [1.29, 1.82) is 0 Å². The predicted molar refractivity (Wildman–Crippen MR) is 72.3 cm³/mol. The molecule has 0 aliphatic heterocycles. The molecule has 1 N–H and O–H groups in total. The molecule has 0 radical (unpaired) electrons. The third-order valence-corrected chi connectivity index (χ3v) is 4.40. The van der Waals surface area contributed by atoms with E-state index < -0.39 is 6.10 Å². The molecule has 1 aromatic carbocycles. The van der Waals surface area contributed by atoms with Crippen LogP contribution >= 0.6 is 33.9 Å². The summed E-state index contributed by atoms with van der Waals surface area (Å²) in [4.78, 5) is 1.04. The number of hydrogen-bond donors (Lipinski definition) is 1. The molecule has 78 valence electrons. The predicted octanol–water partition coefficient (Wildman–Crippen LogP) is 3.74. The Balaban J connectivity index is 2.41. The summed E-state index contributed by atoms with van der Waals surface area (Å²) in [6.07, 6.45) is -0.488. The molecule has 1 heterocycles. The summed E-state index contributed by atoms with van der Waals surface area (Å²) >= 11 is 3.86. The Morgan fingerprint density at radius 3 is 2.60 bits per heavy atom. The smallest absolute Gasteiger partial charge is 0.114 e. The molecule has 1 nitrogen and oxygen atoms in total. The zero-order valence-electron chi connectivity index (χ0n) is 8.27. The lowest BCUT2D eigenvalue weighted by Gasteiger charge is -2.12. The Morgan fingerprint density at radius 2 is 2.00 bits per heavy atom. The van der Waals surface area contributed by atoms with Crippen LogP contribution in [0.25, 0.3) is 0 Å². The Kier molecular flexibility index (Phi) is 3.43. The van der Waals surface area contributed by atoms with Gasteiger partial charge in [-0.1, -0.05) is 18.2 Å². The van der Waals surface area contributed by atoms with Crippen LogP contribution in [0.4, 0.5) is 0 Å². The Bertz CT molecular complexity index is 464. The van der Waals surface area contributed by atoms with Gasteiger partial charge in [0, 0.05) is 8.45 Å². The second-order valence-electron chi connectivity index (χ2n) is 3.39. The van der Waals surface area contributed by atoms with Crippen LogP contribution in [-0.2, 0) is 0 Å². The molecule has 0 aliphatic carbocycles. The van der Waals surface area contributed by atoms with E-state index in [1.165, 1.54) is 0 Å². The molecule has 1 atom stereocenters. The largest absolute Gasteiger partial charge is 0.383 e. The van der Waals surface area contributed by atoms with Crippen LogP contribution in [0.15, 0.2) is 35.7 Å². The highest BCUT2D eigenvalue weighted by molar-refractivity contribution is 14.1. The molecule has 15 heavy (non-hydrogen) atoms. The number of aliphatic hydroxyl groups excluding tert-OH is 1. The number of benzene rings is 1. The summed E-state index contributed by atoms with van der Waals surface area (Å²) < 4.78 is 1.11. The summed E-state index contributed by atoms with van der Waals surface area (Å²) in [5, 5.41) is 12.3. The average molecular weight is 330 g/mol. The fraction of sp³-hybridized carbons (Fsp3) is 0.167. The minimum Gasteiger partial charge on any atom is -0.383 e. The first-order valence-electron chi connectivity index (χ1n) is 4.66. The van der Waals surface area contributed by atoms with E-state index in [-0.39, 0.29) is 0 Å². The zero-order chi connectivity index (χ0) is 10.8. The summed E-state index contributed by atoms with van der Waals surface area (Å²) in [6, 6.07) is 9.98. The van der Waals surface area contributed by atoms with Gasteiger partial charge in [-0.3, -0.25) is 0 Å². The number of hydrogen-bond acceptors (Lipinski definition) is 2. The summed E-state index contributed by atoms with van der Waals surface area (Å²) in [5.41, 5.74) is 2.15. The Hall–Kier alpha value is -0.390. The van der Waals surface area contributed by atoms with Crippen LogP contribution in [0.2, 0.25) is 0 Å². The van der Waals surface area contributed by atoms with Gasteiger partial charge in [0.1, 0.15) is 6.10 Å². The van der Waals surface area contributed by atoms with Crippen LogP contribution in [0.3, 0.4) is 0 Å². The number of rotatable bonds is 2. The van der Waals surface area contributed by atoms with Crippen molar-refractivity contribution in [2.45, 2.75) is 13.0 Å². The number of thiophene rings is 1. The molecule has 1 aromatic heterocycles. The van der Waals surface area contributed by atoms with Crippen molar-refractivity contribution in [3.63, 3.8) is 0 Å². The highest BCUT2D eigenvalue weighted by Crippen LogP contribution is 2.31. The molecule has 0 fully saturated rings. The standard InChI is InChI=1S/C12H11IOS/c1-8-6-7-15-12(8)11(14)9-4-2-3-5-10(9)13/h2-7,11,14H,1H3. The molecule has 0 saturated carbocycles. The molecule has 0 amide bonds. The number of aliphatic hydroxyl groups is 1. The first-order valence-corrected chi connectivity index (χ1v) is 6.62. The summed E-state index contributed by atoms with van der Waals surface area (Å²) in [7, 11) is 0. The lowest BCUT2D eigenvalue weighted by Crippen LogP contribution is -2.00. The zero-order valence-corrected chi connectivity index (χ0v) is 11.2. The van der Waals surface area contributed by atoms with Gasteiger partial charge in [0.2, 0.25) is 0 Å². The normalized spacial score (nSPS) is 12.7. The highest BCUT2D eigenvalue weighted by Gasteiger charge is 2.15. The molecule has 3 heteroatoms. The topological polar surface area (TPSA) is 20.2 Å². The van der Waals surface area contributed by atoms with Crippen LogP contribution in [-0.4, -0.2) is 5.11 Å². The van der Waals surface area contributed by atoms with E-state index in [1.807, 2.05) is 42.6 Å². The number of aryl methyl sites for hydroxylation is 1. The van der Waals surface area contributed by atoms with Crippen LogP contribution < -0.4 is 0 Å². The van der Waals surface area contributed by atoms with Crippen molar-refractivity contribution in [1.82, 2.24) is 0 Å². The third kappa shape index (κ3) is 2.24. The maximum absolute atomic E-state index is 10.2. The molecule has 0 spiro atoms. The van der Waals surface area contributed by atoms with E-state index in [1.54, 1.807) is 11.3 Å². The molecule has 0 aliphatic rings. The van der Waals surface area contributed by atoms with Gasteiger partial charge in [-0.05, 0) is 58.2 Å². The Labute approximate surface area is 107 Å². The van der Waals surface area contributed by atoms with E-state index in [2.05, 4.69) is 22.6 Å². The quantitative estimate of drug-likeness (QED) is 0.832. The van der Waals surface area contributed by atoms with Gasteiger partial charge >= 0.3 is 0 Å². The van der Waals surface area contributed by atoms with Crippen molar-refractivity contribution in [3.8, 4) is 0 Å². The van der Waals surface area contributed by atoms with Gasteiger partial charge in [-0.25, -0.2) is 0 Å². The first-order chi connectivity index (χ1) is 7.20. The molecular weight excluding hydrogens is 319 g/mol. The second kappa shape index (κ2) is 4.63. The van der Waals surface area contributed by atoms with Crippen LogP contribution in [0.1, 0.15) is 22.1 Å². The minimum absolute atomic E-state index is 0.488. The van der Waals surface area contributed by atoms with Crippen LogP contribution in [0, 0.1) is 10.5 Å². The van der Waals surface area contributed by atoms with Gasteiger partial charge in [-0.2, -0.15) is 0 Å². The lowest BCUT2D eigenvalue weighted by molar-refractivity contribution is 0.222. The van der Waals surface area contributed by atoms with Gasteiger partial charge in [0.25, 0.3) is 0 Å². The highest BCUT2D eigenvalue weighted by atomic mass is 127. The molecule has 1 unspecified atom stereocenters. The van der Waals surface area contributed by atoms with E-state index in [0.29, 0.717) is 0 Å². The second-order valence-corrected chi connectivity index (χ2v) is 5.50. The van der Waals surface area contributed by atoms with E-state index in [0.717, 1.165) is 19.6 Å². The molecule has 0 bridgehead atoms.